The Balaban J connectivity index is 0.00000306. The summed E-state index contributed by atoms with van der Waals surface area (Å²) in [5, 5.41) is 14.8. The van der Waals surface area contributed by atoms with Crippen LogP contribution < -0.4 is 15.4 Å². The Bertz CT molecular complexity index is 1200. The van der Waals surface area contributed by atoms with Crippen LogP contribution in [0, 0.1) is 5.82 Å². The van der Waals surface area contributed by atoms with Gasteiger partial charge in [0.2, 0.25) is 0 Å². The highest BCUT2D eigenvalue weighted by molar-refractivity contribution is 14.0. The lowest BCUT2D eigenvalue weighted by Crippen LogP contribution is -2.38. The number of fused-ring (bicyclic) bond motifs is 1. The molecular formula is C23H27FIN7O. The molecule has 4 rings (SSSR count). The van der Waals surface area contributed by atoms with Crippen LogP contribution in [0.25, 0.3) is 22.3 Å². The normalized spacial score (nSPS) is 11.3. The van der Waals surface area contributed by atoms with Gasteiger partial charge >= 0.3 is 0 Å². The summed E-state index contributed by atoms with van der Waals surface area (Å²) in [6.07, 6.45) is 2.70. The first-order valence-corrected chi connectivity index (χ1v) is 10.5. The first-order chi connectivity index (χ1) is 15.7. The number of aromatic nitrogens is 4. The Kier molecular flexibility index (Phi) is 8.64. The third kappa shape index (κ3) is 6.21. The molecule has 0 unspecified atom stereocenters. The second-order valence-corrected chi connectivity index (χ2v) is 7.21. The molecule has 2 aromatic carbocycles. The minimum Gasteiger partial charge on any atom is -0.497 e. The maximum absolute atomic E-state index is 13.4. The number of aliphatic imine (C=N–C) groups is 1. The Morgan fingerprint density at radius 3 is 2.73 bits per heavy atom. The molecule has 8 nitrogen and oxygen atoms in total. The third-order valence-electron chi connectivity index (χ3n) is 5.03. The Labute approximate surface area is 208 Å². The first-order valence-electron chi connectivity index (χ1n) is 10.5. The molecule has 0 saturated carbocycles. The predicted molar refractivity (Wildman–Crippen MR) is 139 cm³/mol. The number of methoxy groups -OCH3 is 1. The average Bonchev–Trinajstić information content (AvgIpc) is 3.44. The van der Waals surface area contributed by atoms with E-state index in [1.165, 1.54) is 12.1 Å². The number of aromatic amines is 2. The zero-order valence-electron chi connectivity index (χ0n) is 18.5. The van der Waals surface area contributed by atoms with Crippen LogP contribution in [0.1, 0.15) is 18.3 Å². The largest absolute Gasteiger partial charge is 0.497 e. The van der Waals surface area contributed by atoms with E-state index in [0.29, 0.717) is 30.7 Å². The Hall–Kier alpha value is -3.15. The molecule has 0 aliphatic rings. The average molecular weight is 563 g/mol. The standard InChI is InChI=1S/C23H26FN7O.HI/c1-3-25-23(26-11-10-16-13-27-20-12-17(24)6-9-19(16)20)28-14-21-29-22(31-30-21)15-4-7-18(32-2)8-5-15;/h4-9,12-13,27H,3,10-11,14H2,1-2H3,(H2,25,26,28)(H,29,30,31);1H. The van der Waals surface area contributed by atoms with Crippen molar-refractivity contribution in [1.82, 2.24) is 30.8 Å². The molecule has 33 heavy (non-hydrogen) atoms. The van der Waals surface area contributed by atoms with Crippen LogP contribution in [0.4, 0.5) is 4.39 Å². The number of hydrogen-bond acceptors (Lipinski definition) is 4. The molecule has 0 amide bonds. The maximum Gasteiger partial charge on any atom is 0.191 e. The molecule has 0 bridgehead atoms. The fourth-order valence-electron chi connectivity index (χ4n) is 3.41. The summed E-state index contributed by atoms with van der Waals surface area (Å²) in [4.78, 5) is 12.2. The number of nitrogens with zero attached hydrogens (tertiary/aromatic N) is 3. The molecule has 0 aliphatic heterocycles. The second kappa shape index (κ2) is 11.6. The van der Waals surface area contributed by atoms with Gasteiger partial charge in [-0.3, -0.25) is 5.10 Å². The van der Waals surface area contributed by atoms with Gasteiger partial charge in [0.05, 0.1) is 7.11 Å². The lowest BCUT2D eigenvalue weighted by atomic mass is 10.1. The van der Waals surface area contributed by atoms with Crippen molar-refractivity contribution in [3.63, 3.8) is 0 Å². The lowest BCUT2D eigenvalue weighted by molar-refractivity contribution is 0.415. The summed E-state index contributed by atoms with van der Waals surface area (Å²) in [7, 11) is 1.63. The number of guanidine groups is 1. The molecule has 0 aliphatic carbocycles. The molecule has 174 valence electrons. The van der Waals surface area contributed by atoms with Crippen molar-refractivity contribution in [2.75, 3.05) is 20.2 Å². The van der Waals surface area contributed by atoms with Crippen LogP contribution in [-0.2, 0) is 13.0 Å². The van der Waals surface area contributed by atoms with Crippen molar-refractivity contribution in [3.05, 3.63) is 65.9 Å². The van der Waals surface area contributed by atoms with Crippen molar-refractivity contribution in [3.8, 4) is 17.1 Å². The highest BCUT2D eigenvalue weighted by Gasteiger charge is 2.08. The fourth-order valence-corrected chi connectivity index (χ4v) is 3.41. The van der Waals surface area contributed by atoms with Crippen LogP contribution in [0.2, 0.25) is 0 Å². The van der Waals surface area contributed by atoms with E-state index in [2.05, 4.69) is 35.8 Å². The second-order valence-electron chi connectivity index (χ2n) is 7.21. The van der Waals surface area contributed by atoms with Crippen LogP contribution in [0.15, 0.2) is 53.7 Å². The van der Waals surface area contributed by atoms with E-state index in [0.717, 1.165) is 40.7 Å². The van der Waals surface area contributed by atoms with Gasteiger partial charge in [0.15, 0.2) is 11.8 Å². The van der Waals surface area contributed by atoms with E-state index >= 15 is 0 Å². The number of ether oxygens (including phenoxy) is 1. The summed E-state index contributed by atoms with van der Waals surface area (Å²) in [5.41, 5.74) is 2.84. The van der Waals surface area contributed by atoms with Gasteiger partial charge in [-0.15, -0.1) is 24.0 Å². The predicted octanol–water partition coefficient (Wildman–Crippen LogP) is 4.02. The van der Waals surface area contributed by atoms with Gasteiger partial charge in [-0.1, -0.05) is 0 Å². The van der Waals surface area contributed by atoms with E-state index in [1.54, 1.807) is 13.2 Å². The minimum atomic E-state index is -0.242. The van der Waals surface area contributed by atoms with Crippen LogP contribution in [-0.4, -0.2) is 46.3 Å². The summed E-state index contributed by atoms with van der Waals surface area (Å²) in [6, 6.07) is 12.4. The number of nitrogens with one attached hydrogen (secondary N) is 4. The lowest BCUT2D eigenvalue weighted by Gasteiger charge is -2.10. The molecular weight excluding hydrogens is 536 g/mol. The molecule has 0 saturated heterocycles. The number of halogens is 2. The Morgan fingerprint density at radius 2 is 1.97 bits per heavy atom. The quantitative estimate of drug-likeness (QED) is 0.147. The molecule has 2 heterocycles. The van der Waals surface area contributed by atoms with Crippen molar-refractivity contribution in [2.24, 2.45) is 4.99 Å². The number of hydrogen-bond donors (Lipinski definition) is 4. The van der Waals surface area contributed by atoms with Gasteiger partial charge in [-0.05, 0) is 61.4 Å². The highest BCUT2D eigenvalue weighted by atomic mass is 127. The van der Waals surface area contributed by atoms with Crippen LogP contribution >= 0.6 is 24.0 Å². The maximum atomic E-state index is 13.4. The van der Waals surface area contributed by atoms with Crippen molar-refractivity contribution in [2.45, 2.75) is 19.9 Å². The fraction of sp³-hybridized carbons (Fsp3) is 0.261. The first kappa shape index (κ1) is 24.5. The summed E-state index contributed by atoms with van der Waals surface area (Å²) >= 11 is 0. The van der Waals surface area contributed by atoms with Gasteiger partial charge < -0.3 is 20.4 Å². The van der Waals surface area contributed by atoms with Crippen molar-refractivity contribution in [1.29, 1.82) is 0 Å². The van der Waals surface area contributed by atoms with E-state index in [4.69, 9.17) is 4.74 Å². The summed E-state index contributed by atoms with van der Waals surface area (Å²) in [5.74, 6) is 2.53. The van der Waals surface area contributed by atoms with E-state index < -0.39 is 0 Å². The zero-order valence-corrected chi connectivity index (χ0v) is 20.8. The number of benzene rings is 2. The van der Waals surface area contributed by atoms with Gasteiger partial charge in [0.1, 0.15) is 23.9 Å². The summed E-state index contributed by atoms with van der Waals surface area (Å²) < 4.78 is 18.6. The smallest absolute Gasteiger partial charge is 0.191 e. The summed E-state index contributed by atoms with van der Waals surface area (Å²) in [6.45, 7) is 3.81. The molecule has 2 aromatic heterocycles. The van der Waals surface area contributed by atoms with Crippen molar-refractivity contribution < 1.29 is 9.13 Å². The Morgan fingerprint density at radius 1 is 1.15 bits per heavy atom. The molecule has 0 atom stereocenters. The SMILES string of the molecule is CCNC(=NCc1nc(-c2ccc(OC)cc2)n[nH]1)NCCc1c[nH]c2cc(F)ccc12.I. The monoisotopic (exact) mass is 563 g/mol. The van der Waals surface area contributed by atoms with E-state index in [-0.39, 0.29) is 29.8 Å². The molecule has 0 radical (unpaired) electrons. The number of rotatable bonds is 8. The van der Waals surface area contributed by atoms with Gasteiger partial charge in [0, 0.05) is 35.8 Å². The molecule has 10 heteroatoms. The third-order valence-corrected chi connectivity index (χ3v) is 5.03. The van der Waals surface area contributed by atoms with Crippen LogP contribution in [0.3, 0.4) is 0 Å². The molecule has 0 spiro atoms. The van der Waals surface area contributed by atoms with Gasteiger partial charge in [-0.25, -0.2) is 14.4 Å². The van der Waals surface area contributed by atoms with Gasteiger partial charge in [-0.2, -0.15) is 5.10 Å². The topological polar surface area (TPSA) is 103 Å². The van der Waals surface area contributed by atoms with Crippen LogP contribution in [0.5, 0.6) is 5.75 Å². The highest BCUT2D eigenvalue weighted by Crippen LogP contribution is 2.20. The molecule has 0 fully saturated rings. The molecule has 4 aromatic rings. The van der Waals surface area contributed by atoms with E-state index in [1.807, 2.05) is 37.4 Å². The van der Waals surface area contributed by atoms with Gasteiger partial charge in [0.25, 0.3) is 0 Å². The molecule has 4 N–H and O–H groups in total. The van der Waals surface area contributed by atoms with Crippen molar-refractivity contribution >= 4 is 40.8 Å². The number of H-pyrrole nitrogens is 2. The zero-order chi connectivity index (χ0) is 22.3. The van der Waals surface area contributed by atoms with E-state index in [9.17, 15) is 4.39 Å². The minimum absolute atomic E-state index is 0.